The lowest BCUT2D eigenvalue weighted by molar-refractivity contribution is -0.384. The minimum atomic E-state index is -4.79. The predicted molar refractivity (Wildman–Crippen MR) is 85.4 cm³/mol. The van der Waals surface area contributed by atoms with Gasteiger partial charge in [-0.25, -0.2) is 9.50 Å². The average Bonchev–Trinajstić information content (AvgIpc) is 3.05. The topological polar surface area (TPSA) is 86.2 Å². The fraction of sp³-hybridized carbons (Fsp3) is 0.0625. The van der Waals surface area contributed by atoms with Crippen molar-refractivity contribution in [1.29, 1.82) is 0 Å². The highest BCUT2D eigenvalue weighted by atomic mass is 19.4. The van der Waals surface area contributed by atoms with E-state index in [1.807, 2.05) is 0 Å². The van der Waals surface area contributed by atoms with Crippen LogP contribution in [0.4, 0.5) is 18.9 Å². The number of benzene rings is 2. The molecular weight excluding hydrogens is 351 g/mol. The maximum Gasteiger partial charge on any atom is 0.435 e. The Bertz CT molecular complexity index is 1160. The van der Waals surface area contributed by atoms with E-state index >= 15 is 0 Å². The van der Waals surface area contributed by atoms with Crippen molar-refractivity contribution in [2.75, 3.05) is 0 Å². The molecule has 2 aromatic heterocycles. The van der Waals surface area contributed by atoms with E-state index in [0.717, 1.165) is 10.6 Å². The van der Waals surface area contributed by atoms with E-state index in [4.69, 9.17) is 0 Å². The maximum atomic E-state index is 13.6. The molecule has 26 heavy (non-hydrogen) atoms. The lowest BCUT2D eigenvalue weighted by Crippen LogP contribution is -2.12. The number of halogens is 3. The van der Waals surface area contributed by atoms with Gasteiger partial charge < -0.3 is 0 Å². The lowest BCUT2D eigenvalue weighted by atomic mass is 10.1. The minimum Gasteiger partial charge on any atom is -0.258 e. The second-order valence-corrected chi connectivity index (χ2v) is 5.45. The molecule has 0 fully saturated rings. The highest BCUT2D eigenvalue weighted by Crippen LogP contribution is 2.36. The summed E-state index contributed by atoms with van der Waals surface area (Å²) in [6.45, 7) is 0. The highest BCUT2D eigenvalue weighted by Gasteiger charge is 2.38. The summed E-state index contributed by atoms with van der Waals surface area (Å²) in [5, 5.41) is 18.6. The summed E-state index contributed by atoms with van der Waals surface area (Å²) in [7, 11) is 0. The molecule has 0 aliphatic carbocycles. The summed E-state index contributed by atoms with van der Waals surface area (Å²) in [5.41, 5.74) is -1.38. The molecule has 7 nitrogen and oxygen atoms in total. The predicted octanol–water partition coefficient (Wildman–Crippen LogP) is 3.87. The van der Waals surface area contributed by atoms with Crippen LogP contribution < -0.4 is 0 Å². The van der Waals surface area contributed by atoms with Gasteiger partial charge in [-0.3, -0.25) is 10.1 Å². The second kappa shape index (κ2) is 5.48. The van der Waals surface area contributed by atoms with Crippen LogP contribution in [-0.2, 0) is 6.18 Å². The number of nitrogens with zero attached hydrogens (tertiary/aromatic N) is 5. The normalized spacial score (nSPS) is 12.0. The first-order valence-electron chi connectivity index (χ1n) is 7.32. The Morgan fingerprint density at radius 1 is 1.08 bits per heavy atom. The number of alkyl halides is 3. The van der Waals surface area contributed by atoms with Crippen molar-refractivity contribution < 1.29 is 18.1 Å². The van der Waals surface area contributed by atoms with Gasteiger partial charge in [0.15, 0.2) is 5.69 Å². The molecule has 130 valence electrons. The molecule has 2 heterocycles. The van der Waals surface area contributed by atoms with Gasteiger partial charge in [0.1, 0.15) is 11.2 Å². The van der Waals surface area contributed by atoms with Crippen LogP contribution in [0.25, 0.3) is 27.8 Å². The van der Waals surface area contributed by atoms with Crippen LogP contribution in [0.1, 0.15) is 5.69 Å². The Hall–Kier alpha value is -3.56. The van der Waals surface area contributed by atoms with Crippen molar-refractivity contribution in [2.45, 2.75) is 6.18 Å². The number of non-ortho nitro benzene ring substituents is 1. The molecule has 0 N–H and O–H groups in total. The molecule has 0 amide bonds. The molecule has 0 radical (unpaired) electrons. The van der Waals surface area contributed by atoms with Crippen LogP contribution in [0.3, 0.4) is 0 Å². The third-order valence-corrected chi connectivity index (χ3v) is 3.84. The number of fused-ring (bicyclic) bond motifs is 3. The number of nitro benzene ring substituents is 1. The average molecular weight is 359 g/mol. The van der Waals surface area contributed by atoms with Crippen LogP contribution >= 0.6 is 0 Å². The lowest BCUT2D eigenvalue weighted by Gasteiger charge is -2.10. The Labute approximate surface area is 142 Å². The van der Waals surface area contributed by atoms with Crippen LogP contribution in [0.2, 0.25) is 0 Å². The fourth-order valence-electron chi connectivity index (χ4n) is 2.72. The SMILES string of the molecule is O=[N+]([O-])c1ccc2c(c1)nc(C(F)(F)F)c1c(-c3ccccc3)nnn12. The monoisotopic (exact) mass is 359 g/mol. The molecule has 0 aliphatic heterocycles. The molecule has 0 spiro atoms. The van der Waals surface area contributed by atoms with Crippen molar-refractivity contribution in [2.24, 2.45) is 0 Å². The van der Waals surface area contributed by atoms with Crippen molar-refractivity contribution >= 4 is 22.2 Å². The summed E-state index contributed by atoms with van der Waals surface area (Å²) in [4.78, 5) is 13.8. The summed E-state index contributed by atoms with van der Waals surface area (Å²) >= 11 is 0. The van der Waals surface area contributed by atoms with Crippen molar-refractivity contribution in [3.05, 3.63) is 64.3 Å². The third-order valence-electron chi connectivity index (χ3n) is 3.84. The zero-order valence-corrected chi connectivity index (χ0v) is 12.8. The summed E-state index contributed by atoms with van der Waals surface area (Å²) in [6.07, 6.45) is -4.79. The van der Waals surface area contributed by atoms with Gasteiger partial charge in [-0.1, -0.05) is 35.5 Å². The first-order chi connectivity index (χ1) is 12.4. The fourth-order valence-corrected chi connectivity index (χ4v) is 2.72. The molecule has 0 unspecified atom stereocenters. The molecular formula is C16H8F3N5O2. The molecule has 2 aromatic carbocycles. The molecule has 0 bridgehead atoms. The third kappa shape index (κ3) is 2.42. The van der Waals surface area contributed by atoms with Gasteiger partial charge in [0, 0.05) is 17.7 Å². The number of hydrogen-bond acceptors (Lipinski definition) is 5. The quantitative estimate of drug-likeness (QED) is 0.401. The Morgan fingerprint density at radius 3 is 2.46 bits per heavy atom. The van der Waals surface area contributed by atoms with E-state index < -0.39 is 16.8 Å². The van der Waals surface area contributed by atoms with Gasteiger partial charge in [-0.15, -0.1) is 5.10 Å². The van der Waals surface area contributed by atoms with Gasteiger partial charge in [0.2, 0.25) is 0 Å². The van der Waals surface area contributed by atoms with Gasteiger partial charge in [0.05, 0.1) is 16.0 Å². The molecule has 0 saturated carbocycles. The zero-order valence-electron chi connectivity index (χ0n) is 12.8. The first kappa shape index (κ1) is 15.9. The number of hydrogen-bond donors (Lipinski definition) is 0. The molecule has 10 heteroatoms. The standard InChI is InChI=1S/C16H8F3N5O2/c17-16(18,19)15-14-13(9-4-2-1-3-5-9)21-22-23(14)12-7-6-10(24(25)26)8-11(12)20-15/h1-8H. The van der Waals surface area contributed by atoms with Crippen LogP contribution in [-0.4, -0.2) is 24.7 Å². The number of rotatable bonds is 2. The molecule has 4 aromatic rings. The summed E-state index contributed by atoms with van der Waals surface area (Å²) < 4.78 is 41.8. The Kier molecular flexibility index (Phi) is 3.36. The largest absolute Gasteiger partial charge is 0.435 e. The molecule has 4 rings (SSSR count). The van der Waals surface area contributed by atoms with E-state index in [-0.39, 0.29) is 27.9 Å². The zero-order chi connectivity index (χ0) is 18.5. The van der Waals surface area contributed by atoms with Crippen LogP contribution in [0, 0.1) is 10.1 Å². The second-order valence-electron chi connectivity index (χ2n) is 5.45. The van der Waals surface area contributed by atoms with Gasteiger partial charge >= 0.3 is 6.18 Å². The van der Waals surface area contributed by atoms with Gasteiger partial charge in [-0.05, 0) is 6.07 Å². The first-order valence-corrected chi connectivity index (χ1v) is 7.32. The van der Waals surface area contributed by atoms with Crippen molar-refractivity contribution in [3.8, 4) is 11.3 Å². The van der Waals surface area contributed by atoms with E-state index in [9.17, 15) is 23.3 Å². The van der Waals surface area contributed by atoms with E-state index in [1.165, 1.54) is 12.1 Å². The van der Waals surface area contributed by atoms with Gasteiger partial charge in [-0.2, -0.15) is 13.2 Å². The molecule has 0 saturated heterocycles. The Morgan fingerprint density at radius 2 is 1.81 bits per heavy atom. The van der Waals surface area contributed by atoms with Gasteiger partial charge in [0.25, 0.3) is 5.69 Å². The smallest absolute Gasteiger partial charge is 0.258 e. The van der Waals surface area contributed by atoms with Crippen LogP contribution in [0.15, 0.2) is 48.5 Å². The number of nitro groups is 1. The highest BCUT2D eigenvalue weighted by molar-refractivity contribution is 5.87. The summed E-state index contributed by atoms with van der Waals surface area (Å²) in [5.74, 6) is 0. The minimum absolute atomic E-state index is 0.0330. The maximum absolute atomic E-state index is 13.6. The van der Waals surface area contributed by atoms with E-state index in [1.54, 1.807) is 30.3 Å². The summed E-state index contributed by atoms with van der Waals surface area (Å²) in [6, 6.07) is 11.8. The molecule has 0 atom stereocenters. The Balaban J connectivity index is 2.13. The van der Waals surface area contributed by atoms with Crippen LogP contribution in [0.5, 0.6) is 0 Å². The molecule has 0 aliphatic rings. The van der Waals surface area contributed by atoms with Crippen molar-refractivity contribution in [3.63, 3.8) is 0 Å². The number of aromatic nitrogens is 4. The van der Waals surface area contributed by atoms with E-state index in [2.05, 4.69) is 15.3 Å². The van der Waals surface area contributed by atoms with E-state index in [0.29, 0.717) is 5.56 Å². The van der Waals surface area contributed by atoms with Crippen molar-refractivity contribution in [1.82, 2.24) is 19.8 Å².